The smallest absolute Gasteiger partial charge is 0.240 e. The molecule has 0 N–H and O–H groups in total. The van der Waals surface area contributed by atoms with E-state index in [9.17, 15) is 4.79 Å². The molecular weight excluding hydrogens is 242 g/mol. The maximum absolute atomic E-state index is 12.3. The predicted molar refractivity (Wildman–Crippen MR) is 71.4 cm³/mol. The van der Waals surface area contributed by atoms with Gasteiger partial charge in [0, 0.05) is 32.3 Å². The van der Waals surface area contributed by atoms with Crippen LogP contribution in [0.25, 0.3) is 0 Å². The number of carbonyl (C=O) groups excluding carboxylic acids is 1. The molecule has 19 heavy (non-hydrogen) atoms. The molecule has 0 aliphatic carbocycles. The predicted octanol–water partition coefficient (Wildman–Crippen LogP) is 1.00. The minimum absolute atomic E-state index is 0.0545. The summed E-state index contributed by atoms with van der Waals surface area (Å²) in [5, 5.41) is 8.99. The Balaban J connectivity index is 2.17. The van der Waals surface area contributed by atoms with Gasteiger partial charge in [0.2, 0.25) is 5.91 Å². The number of hydrogen-bond donors (Lipinski definition) is 0. The Morgan fingerprint density at radius 3 is 2.84 bits per heavy atom. The van der Waals surface area contributed by atoms with Gasteiger partial charge in [0.1, 0.15) is 6.04 Å². The van der Waals surface area contributed by atoms with Crippen molar-refractivity contribution in [2.45, 2.75) is 50.8 Å². The van der Waals surface area contributed by atoms with Crippen molar-refractivity contribution in [3.8, 4) is 6.07 Å². The minimum Gasteiger partial charge on any atom is -0.377 e. The Labute approximate surface area is 115 Å². The van der Waals surface area contributed by atoms with Crippen molar-refractivity contribution in [1.29, 1.82) is 5.26 Å². The fourth-order valence-electron chi connectivity index (χ4n) is 3.22. The van der Waals surface area contributed by atoms with Crippen molar-refractivity contribution in [3.05, 3.63) is 0 Å². The lowest BCUT2D eigenvalue weighted by atomic mass is 9.92. The van der Waals surface area contributed by atoms with Crippen LogP contribution >= 0.6 is 0 Å². The highest BCUT2D eigenvalue weighted by atomic mass is 16.5. The largest absolute Gasteiger partial charge is 0.377 e. The van der Waals surface area contributed by atoms with Crippen molar-refractivity contribution < 1.29 is 9.53 Å². The van der Waals surface area contributed by atoms with E-state index in [1.165, 1.54) is 0 Å². The first-order valence-electron chi connectivity index (χ1n) is 6.96. The maximum Gasteiger partial charge on any atom is 0.240 e. The van der Waals surface area contributed by atoms with E-state index in [-0.39, 0.29) is 30.0 Å². The van der Waals surface area contributed by atoms with E-state index in [1.807, 2.05) is 7.05 Å². The molecule has 2 aliphatic rings. The van der Waals surface area contributed by atoms with Crippen LogP contribution in [-0.2, 0) is 9.53 Å². The van der Waals surface area contributed by atoms with E-state index in [0.717, 1.165) is 26.0 Å². The Bertz CT molecular complexity index is 383. The first-order valence-corrected chi connectivity index (χ1v) is 6.96. The van der Waals surface area contributed by atoms with Crippen molar-refractivity contribution in [2.75, 3.05) is 26.7 Å². The number of hydrogen-bond acceptors (Lipinski definition) is 4. The molecule has 2 heterocycles. The van der Waals surface area contributed by atoms with Gasteiger partial charge in [0.05, 0.1) is 18.6 Å². The third-order valence-corrected chi connectivity index (χ3v) is 4.15. The number of rotatable bonds is 3. The Morgan fingerprint density at radius 1 is 1.53 bits per heavy atom. The molecule has 2 atom stereocenters. The summed E-state index contributed by atoms with van der Waals surface area (Å²) in [6.07, 6.45) is 2.60. The van der Waals surface area contributed by atoms with Gasteiger partial charge >= 0.3 is 0 Å². The summed E-state index contributed by atoms with van der Waals surface area (Å²) in [5.74, 6) is 0.0545. The molecule has 0 bridgehead atoms. The molecule has 2 unspecified atom stereocenters. The molecule has 2 fully saturated rings. The van der Waals surface area contributed by atoms with Crippen LogP contribution < -0.4 is 0 Å². The standard InChI is InChI=1S/C14H23N3O2/c1-14(2)10-16(3)13(18)12(6-7-15)17(14)9-11-5-4-8-19-11/h11-12H,4-6,8-10H2,1-3H3. The van der Waals surface area contributed by atoms with Crippen molar-refractivity contribution >= 4 is 5.91 Å². The second kappa shape index (κ2) is 5.48. The molecule has 0 saturated carbocycles. The Morgan fingerprint density at radius 2 is 2.26 bits per heavy atom. The second-order valence-electron chi connectivity index (χ2n) is 6.17. The van der Waals surface area contributed by atoms with Gasteiger partial charge in [-0.3, -0.25) is 9.69 Å². The summed E-state index contributed by atoms with van der Waals surface area (Å²) in [6, 6.07) is 1.82. The van der Waals surface area contributed by atoms with Gasteiger partial charge in [-0.05, 0) is 26.7 Å². The molecule has 0 aromatic heterocycles. The number of likely N-dealkylation sites (N-methyl/N-ethyl adjacent to an activating group) is 1. The topological polar surface area (TPSA) is 56.6 Å². The van der Waals surface area contributed by atoms with E-state index < -0.39 is 0 Å². The van der Waals surface area contributed by atoms with Crippen molar-refractivity contribution in [3.63, 3.8) is 0 Å². The van der Waals surface area contributed by atoms with Crippen molar-refractivity contribution in [2.24, 2.45) is 0 Å². The van der Waals surface area contributed by atoms with Crippen LogP contribution in [0.15, 0.2) is 0 Å². The molecule has 1 amide bonds. The van der Waals surface area contributed by atoms with Gasteiger partial charge in [-0.25, -0.2) is 0 Å². The van der Waals surface area contributed by atoms with Crippen molar-refractivity contribution in [1.82, 2.24) is 9.80 Å². The number of carbonyl (C=O) groups is 1. The highest BCUT2D eigenvalue weighted by Gasteiger charge is 2.44. The van der Waals surface area contributed by atoms with Gasteiger partial charge < -0.3 is 9.64 Å². The third kappa shape index (κ3) is 2.90. The molecule has 5 heteroatoms. The first-order chi connectivity index (χ1) is 8.95. The highest BCUT2D eigenvalue weighted by Crippen LogP contribution is 2.29. The van der Waals surface area contributed by atoms with E-state index in [4.69, 9.17) is 10.00 Å². The Kier molecular flexibility index (Phi) is 4.12. The van der Waals surface area contributed by atoms with Gasteiger partial charge in [-0.2, -0.15) is 5.26 Å². The summed E-state index contributed by atoms with van der Waals surface area (Å²) in [7, 11) is 1.82. The zero-order valence-electron chi connectivity index (χ0n) is 12.1. The van der Waals surface area contributed by atoms with Gasteiger partial charge in [-0.15, -0.1) is 0 Å². The number of piperazine rings is 1. The number of amides is 1. The molecule has 0 radical (unpaired) electrons. The quantitative estimate of drug-likeness (QED) is 0.764. The molecule has 106 valence electrons. The van der Waals surface area contributed by atoms with Crippen LogP contribution in [0.5, 0.6) is 0 Å². The SMILES string of the molecule is CN1CC(C)(C)N(CC2CCCO2)C(CC#N)C1=O. The van der Waals surface area contributed by atoms with Gasteiger partial charge in [0.15, 0.2) is 0 Å². The molecule has 0 aromatic rings. The van der Waals surface area contributed by atoms with Crippen LogP contribution in [0.1, 0.15) is 33.1 Å². The second-order valence-corrected chi connectivity index (χ2v) is 6.17. The van der Waals surface area contributed by atoms with Crippen LogP contribution in [-0.4, -0.2) is 60.1 Å². The highest BCUT2D eigenvalue weighted by molar-refractivity contribution is 5.83. The van der Waals surface area contributed by atoms with Crippen LogP contribution in [0.2, 0.25) is 0 Å². The van der Waals surface area contributed by atoms with Gasteiger partial charge in [0.25, 0.3) is 0 Å². The lowest BCUT2D eigenvalue weighted by molar-refractivity contribution is -0.149. The number of nitrogens with zero attached hydrogens (tertiary/aromatic N) is 3. The Hall–Kier alpha value is -1.12. The average Bonchev–Trinajstić information content (AvgIpc) is 2.83. The molecule has 2 rings (SSSR count). The number of ether oxygens (including phenoxy) is 1. The maximum atomic E-state index is 12.3. The van der Waals surface area contributed by atoms with Crippen LogP contribution in [0.4, 0.5) is 0 Å². The van der Waals surface area contributed by atoms with E-state index in [1.54, 1.807) is 4.90 Å². The monoisotopic (exact) mass is 265 g/mol. The summed E-state index contributed by atoms with van der Waals surface area (Å²) >= 11 is 0. The van der Waals surface area contributed by atoms with E-state index in [2.05, 4.69) is 24.8 Å². The molecule has 2 aliphatic heterocycles. The normalized spacial score (nSPS) is 31.5. The summed E-state index contributed by atoms with van der Waals surface area (Å²) in [4.78, 5) is 16.2. The lowest BCUT2D eigenvalue weighted by Gasteiger charge is -2.50. The molecule has 0 spiro atoms. The summed E-state index contributed by atoms with van der Waals surface area (Å²) in [6.45, 7) is 6.53. The molecule has 2 saturated heterocycles. The molecule has 5 nitrogen and oxygen atoms in total. The minimum atomic E-state index is -0.331. The summed E-state index contributed by atoms with van der Waals surface area (Å²) in [5.41, 5.74) is -0.115. The van der Waals surface area contributed by atoms with Gasteiger partial charge in [-0.1, -0.05) is 0 Å². The molecular formula is C14H23N3O2. The van der Waals surface area contributed by atoms with Crippen LogP contribution in [0, 0.1) is 11.3 Å². The lowest BCUT2D eigenvalue weighted by Crippen LogP contribution is -2.66. The fraction of sp³-hybridized carbons (Fsp3) is 0.857. The van der Waals surface area contributed by atoms with E-state index >= 15 is 0 Å². The number of nitriles is 1. The third-order valence-electron chi connectivity index (χ3n) is 4.15. The fourth-order valence-corrected chi connectivity index (χ4v) is 3.22. The average molecular weight is 265 g/mol. The van der Waals surface area contributed by atoms with E-state index in [0.29, 0.717) is 6.54 Å². The summed E-state index contributed by atoms with van der Waals surface area (Å²) < 4.78 is 5.69. The zero-order chi connectivity index (χ0) is 14.0. The first kappa shape index (κ1) is 14.3. The zero-order valence-corrected chi connectivity index (χ0v) is 12.1. The molecule has 0 aromatic carbocycles. The van der Waals surface area contributed by atoms with Crippen LogP contribution in [0.3, 0.4) is 0 Å².